The van der Waals surface area contributed by atoms with Gasteiger partial charge in [-0.2, -0.15) is 0 Å². The Morgan fingerprint density at radius 3 is 2.36 bits per heavy atom. The number of nitrogens with one attached hydrogen (secondary N) is 2. The maximum Gasteiger partial charge on any atom is 0.175 e. The molecule has 2 rings (SSSR count). The quantitative estimate of drug-likeness (QED) is 0.812. The van der Waals surface area contributed by atoms with Gasteiger partial charge in [-0.1, -0.05) is 0 Å². The Hall–Kier alpha value is -2.14. The SMILES string of the molecule is CCN(c1ccc(NC(=S)Nc2cccnc2)cc1)C(C)C. The first-order valence-electron chi connectivity index (χ1n) is 7.45. The molecule has 0 unspecified atom stereocenters. The predicted octanol–water partition coefficient (Wildman–Crippen LogP) is 4.13. The molecule has 4 nitrogen and oxygen atoms in total. The summed E-state index contributed by atoms with van der Waals surface area (Å²) in [5, 5.41) is 6.84. The second kappa shape index (κ2) is 7.75. The fourth-order valence-corrected chi connectivity index (χ4v) is 2.55. The summed E-state index contributed by atoms with van der Waals surface area (Å²) in [5.41, 5.74) is 3.05. The van der Waals surface area contributed by atoms with Crippen molar-refractivity contribution in [3.8, 4) is 0 Å². The number of thiocarbonyl (C=S) groups is 1. The topological polar surface area (TPSA) is 40.2 Å². The molecule has 2 N–H and O–H groups in total. The normalized spacial score (nSPS) is 10.4. The Balaban J connectivity index is 1.97. The molecule has 0 aliphatic rings. The van der Waals surface area contributed by atoms with E-state index in [0.29, 0.717) is 11.2 Å². The summed E-state index contributed by atoms with van der Waals surface area (Å²) in [6.07, 6.45) is 3.47. The van der Waals surface area contributed by atoms with Gasteiger partial charge in [-0.05, 0) is 69.4 Å². The molecule has 0 saturated carbocycles. The van der Waals surface area contributed by atoms with Crippen LogP contribution >= 0.6 is 12.2 Å². The van der Waals surface area contributed by atoms with Crippen molar-refractivity contribution in [2.45, 2.75) is 26.8 Å². The number of hydrogen-bond donors (Lipinski definition) is 2. The third-order valence-electron chi connectivity index (χ3n) is 3.34. The minimum Gasteiger partial charge on any atom is -0.369 e. The summed E-state index contributed by atoms with van der Waals surface area (Å²) < 4.78 is 0. The van der Waals surface area contributed by atoms with E-state index in [9.17, 15) is 0 Å². The van der Waals surface area contributed by atoms with Crippen molar-refractivity contribution < 1.29 is 0 Å². The van der Waals surface area contributed by atoms with Crippen molar-refractivity contribution in [1.82, 2.24) is 4.98 Å². The number of anilines is 3. The first kappa shape index (κ1) is 16.2. The zero-order valence-electron chi connectivity index (χ0n) is 13.2. The van der Waals surface area contributed by atoms with Crippen LogP contribution in [0.5, 0.6) is 0 Å². The average Bonchev–Trinajstić information content (AvgIpc) is 2.50. The molecule has 5 heteroatoms. The maximum atomic E-state index is 5.31. The second-order valence-corrected chi connectivity index (χ2v) is 5.66. The molecular weight excluding hydrogens is 292 g/mol. The second-order valence-electron chi connectivity index (χ2n) is 5.25. The summed E-state index contributed by atoms with van der Waals surface area (Å²) in [5.74, 6) is 0. The molecule has 0 amide bonds. The highest BCUT2D eigenvalue weighted by Crippen LogP contribution is 2.20. The zero-order chi connectivity index (χ0) is 15.9. The summed E-state index contributed by atoms with van der Waals surface area (Å²) in [6, 6.07) is 12.6. The number of hydrogen-bond acceptors (Lipinski definition) is 3. The van der Waals surface area contributed by atoms with Crippen LogP contribution in [-0.4, -0.2) is 22.7 Å². The molecular formula is C17H22N4S. The van der Waals surface area contributed by atoms with Gasteiger partial charge < -0.3 is 15.5 Å². The fourth-order valence-electron chi connectivity index (χ4n) is 2.31. The van der Waals surface area contributed by atoms with Crippen LogP contribution in [-0.2, 0) is 0 Å². The molecule has 0 aliphatic heterocycles. The van der Waals surface area contributed by atoms with Crippen molar-refractivity contribution in [2.75, 3.05) is 22.1 Å². The van der Waals surface area contributed by atoms with Gasteiger partial charge in [-0.3, -0.25) is 4.98 Å². The van der Waals surface area contributed by atoms with Gasteiger partial charge in [0.2, 0.25) is 0 Å². The van der Waals surface area contributed by atoms with Gasteiger partial charge in [0.15, 0.2) is 5.11 Å². The molecule has 1 aromatic carbocycles. The van der Waals surface area contributed by atoms with Gasteiger partial charge >= 0.3 is 0 Å². The molecule has 0 aliphatic carbocycles. The number of pyridine rings is 1. The maximum absolute atomic E-state index is 5.31. The van der Waals surface area contributed by atoms with Crippen LogP contribution in [0.2, 0.25) is 0 Å². The smallest absolute Gasteiger partial charge is 0.175 e. The van der Waals surface area contributed by atoms with Crippen LogP contribution in [0.3, 0.4) is 0 Å². The molecule has 22 heavy (non-hydrogen) atoms. The first-order chi connectivity index (χ1) is 10.6. The zero-order valence-corrected chi connectivity index (χ0v) is 14.0. The number of aromatic nitrogens is 1. The number of rotatable bonds is 5. The lowest BCUT2D eigenvalue weighted by atomic mass is 10.2. The summed E-state index contributed by atoms with van der Waals surface area (Å²) >= 11 is 5.31. The molecule has 0 spiro atoms. The van der Waals surface area contributed by atoms with Crippen LogP contribution in [0, 0.1) is 0 Å². The molecule has 0 saturated heterocycles. The van der Waals surface area contributed by atoms with Crippen molar-refractivity contribution in [2.24, 2.45) is 0 Å². The van der Waals surface area contributed by atoms with Crippen molar-refractivity contribution in [3.05, 3.63) is 48.8 Å². The highest BCUT2D eigenvalue weighted by Gasteiger charge is 2.08. The van der Waals surface area contributed by atoms with Crippen LogP contribution in [0.4, 0.5) is 17.1 Å². The Bertz CT molecular complexity index is 596. The van der Waals surface area contributed by atoms with E-state index >= 15 is 0 Å². The summed E-state index contributed by atoms with van der Waals surface area (Å²) in [6.45, 7) is 7.55. The Labute approximate surface area is 137 Å². The van der Waals surface area contributed by atoms with Gasteiger partial charge in [-0.25, -0.2) is 0 Å². The first-order valence-corrected chi connectivity index (χ1v) is 7.85. The Morgan fingerprint density at radius 1 is 1.14 bits per heavy atom. The summed E-state index contributed by atoms with van der Waals surface area (Å²) in [4.78, 5) is 6.39. The van der Waals surface area contributed by atoms with E-state index in [4.69, 9.17) is 12.2 Å². The van der Waals surface area contributed by atoms with Crippen LogP contribution in [0.15, 0.2) is 48.8 Å². The van der Waals surface area contributed by atoms with Gasteiger partial charge in [0.05, 0.1) is 11.9 Å². The molecule has 0 atom stereocenters. The third-order valence-corrected chi connectivity index (χ3v) is 3.54. The minimum absolute atomic E-state index is 0.483. The summed E-state index contributed by atoms with van der Waals surface area (Å²) in [7, 11) is 0. The fraction of sp³-hybridized carbons (Fsp3) is 0.294. The highest BCUT2D eigenvalue weighted by atomic mass is 32.1. The molecule has 0 fully saturated rings. The van der Waals surface area contributed by atoms with E-state index in [1.165, 1.54) is 5.69 Å². The third kappa shape index (κ3) is 4.43. The van der Waals surface area contributed by atoms with E-state index in [1.54, 1.807) is 12.4 Å². The Morgan fingerprint density at radius 2 is 1.82 bits per heavy atom. The van der Waals surface area contributed by atoms with E-state index in [2.05, 4.69) is 53.4 Å². The van der Waals surface area contributed by atoms with Crippen LogP contribution < -0.4 is 15.5 Å². The molecule has 116 valence electrons. The van der Waals surface area contributed by atoms with Crippen LogP contribution in [0.1, 0.15) is 20.8 Å². The van der Waals surface area contributed by atoms with Gasteiger partial charge in [0.25, 0.3) is 0 Å². The number of nitrogens with zero attached hydrogens (tertiary/aromatic N) is 2. The van der Waals surface area contributed by atoms with Crippen molar-refractivity contribution >= 4 is 34.4 Å². The minimum atomic E-state index is 0.483. The van der Waals surface area contributed by atoms with E-state index in [1.807, 2.05) is 24.3 Å². The largest absolute Gasteiger partial charge is 0.369 e. The Kier molecular flexibility index (Phi) is 5.72. The average molecular weight is 314 g/mol. The predicted molar refractivity (Wildman–Crippen MR) is 98.7 cm³/mol. The molecule has 2 aromatic rings. The van der Waals surface area contributed by atoms with Crippen LogP contribution in [0.25, 0.3) is 0 Å². The van der Waals surface area contributed by atoms with E-state index in [0.717, 1.165) is 17.9 Å². The van der Waals surface area contributed by atoms with E-state index < -0.39 is 0 Å². The van der Waals surface area contributed by atoms with Gasteiger partial charge in [0, 0.05) is 30.2 Å². The molecule has 0 bridgehead atoms. The lowest BCUT2D eigenvalue weighted by molar-refractivity contribution is 0.704. The molecule has 1 aromatic heterocycles. The van der Waals surface area contributed by atoms with Gasteiger partial charge in [-0.15, -0.1) is 0 Å². The lowest BCUT2D eigenvalue weighted by Crippen LogP contribution is -2.30. The van der Waals surface area contributed by atoms with Gasteiger partial charge in [0.1, 0.15) is 0 Å². The standard InChI is InChI=1S/C17H22N4S/c1-4-21(13(2)3)16-9-7-14(8-10-16)19-17(22)20-15-6-5-11-18-12-15/h5-13H,4H2,1-3H3,(H2,19,20,22). The molecule has 0 radical (unpaired) electrons. The monoisotopic (exact) mass is 314 g/mol. The lowest BCUT2D eigenvalue weighted by Gasteiger charge is -2.27. The highest BCUT2D eigenvalue weighted by molar-refractivity contribution is 7.80. The van der Waals surface area contributed by atoms with Crippen molar-refractivity contribution in [3.63, 3.8) is 0 Å². The van der Waals surface area contributed by atoms with Crippen molar-refractivity contribution in [1.29, 1.82) is 0 Å². The molecule has 1 heterocycles. The van der Waals surface area contributed by atoms with E-state index in [-0.39, 0.29) is 0 Å². The number of benzene rings is 1.